The standard InChI is InChI=1S/C22H29N7O2/c1-15-14-31-11-8-28(15)20-12-16-13-27(17-4-9-30-10-5-17)7-3-18-21(16)22(24-20)29(26-18)19-2-6-23-25-19/h2,6,12,15,17H,3-5,7-11,13-14H2,1H3,(H,23,25)/t15-/m1/s1. The van der Waals surface area contributed by atoms with Gasteiger partial charge in [0.05, 0.1) is 31.1 Å². The molecule has 1 N–H and O–H groups in total. The molecule has 0 saturated carbocycles. The van der Waals surface area contributed by atoms with Crippen LogP contribution in [0.1, 0.15) is 31.0 Å². The lowest BCUT2D eigenvalue weighted by molar-refractivity contribution is 0.0318. The van der Waals surface area contributed by atoms with Crippen molar-refractivity contribution < 1.29 is 9.47 Å². The maximum Gasteiger partial charge on any atom is 0.167 e. The fourth-order valence-electron chi connectivity index (χ4n) is 5.21. The average Bonchev–Trinajstić information content (AvgIpc) is 3.41. The number of nitrogens with zero attached hydrogens (tertiary/aromatic N) is 6. The molecule has 0 amide bonds. The summed E-state index contributed by atoms with van der Waals surface area (Å²) in [7, 11) is 0. The average molecular weight is 424 g/mol. The lowest BCUT2D eigenvalue weighted by Crippen LogP contribution is -2.44. The molecule has 2 fully saturated rings. The molecule has 3 aromatic rings. The van der Waals surface area contributed by atoms with E-state index in [1.807, 2.05) is 10.7 Å². The van der Waals surface area contributed by atoms with Gasteiger partial charge in [-0.2, -0.15) is 14.9 Å². The third-order valence-electron chi connectivity index (χ3n) is 6.87. The van der Waals surface area contributed by atoms with Gasteiger partial charge in [0, 0.05) is 56.8 Å². The van der Waals surface area contributed by atoms with Crippen LogP contribution in [0.5, 0.6) is 0 Å². The number of hydrogen-bond donors (Lipinski definition) is 1. The second-order valence-electron chi connectivity index (χ2n) is 8.82. The van der Waals surface area contributed by atoms with Gasteiger partial charge in [0.25, 0.3) is 0 Å². The predicted octanol–water partition coefficient (Wildman–Crippen LogP) is 1.91. The number of ether oxygens (including phenoxy) is 2. The molecule has 1 atom stereocenters. The van der Waals surface area contributed by atoms with E-state index in [2.05, 4.69) is 33.0 Å². The number of nitrogens with one attached hydrogen (secondary N) is 1. The Balaban J connectivity index is 1.47. The molecule has 2 saturated heterocycles. The summed E-state index contributed by atoms with van der Waals surface area (Å²) in [4.78, 5) is 10.1. The van der Waals surface area contributed by atoms with Gasteiger partial charge >= 0.3 is 0 Å². The summed E-state index contributed by atoms with van der Waals surface area (Å²) in [5.74, 6) is 1.86. The fourth-order valence-corrected chi connectivity index (χ4v) is 5.21. The van der Waals surface area contributed by atoms with E-state index in [0.29, 0.717) is 12.1 Å². The third kappa shape index (κ3) is 3.40. The Labute approximate surface area is 181 Å². The first kappa shape index (κ1) is 19.2. The molecule has 0 aromatic carbocycles. The van der Waals surface area contributed by atoms with Gasteiger partial charge < -0.3 is 14.4 Å². The molecule has 6 heterocycles. The molecular formula is C22H29N7O2. The lowest BCUT2D eigenvalue weighted by atomic mass is 10.1. The van der Waals surface area contributed by atoms with Gasteiger partial charge in [-0.1, -0.05) is 0 Å². The van der Waals surface area contributed by atoms with Crippen molar-refractivity contribution in [1.29, 1.82) is 0 Å². The van der Waals surface area contributed by atoms with E-state index in [-0.39, 0.29) is 0 Å². The van der Waals surface area contributed by atoms with Crippen molar-refractivity contribution in [2.75, 3.05) is 44.4 Å². The molecule has 3 aliphatic heterocycles. The molecule has 0 radical (unpaired) electrons. The van der Waals surface area contributed by atoms with Crippen molar-refractivity contribution in [3.63, 3.8) is 0 Å². The highest BCUT2D eigenvalue weighted by molar-refractivity contribution is 5.85. The summed E-state index contributed by atoms with van der Waals surface area (Å²) < 4.78 is 13.2. The molecule has 9 heteroatoms. The van der Waals surface area contributed by atoms with Gasteiger partial charge in [-0.3, -0.25) is 10.00 Å². The Morgan fingerprint density at radius 3 is 2.84 bits per heavy atom. The minimum Gasteiger partial charge on any atom is -0.381 e. The zero-order chi connectivity index (χ0) is 20.8. The summed E-state index contributed by atoms with van der Waals surface area (Å²) in [6.45, 7) is 8.19. The number of aromatic nitrogens is 5. The highest BCUT2D eigenvalue weighted by atomic mass is 16.5. The molecular weight excluding hydrogens is 394 g/mol. The van der Waals surface area contributed by atoms with E-state index < -0.39 is 0 Å². The quantitative estimate of drug-likeness (QED) is 0.689. The number of morpholine rings is 1. The normalized spacial score (nSPS) is 23.4. The smallest absolute Gasteiger partial charge is 0.167 e. The van der Waals surface area contributed by atoms with Crippen molar-refractivity contribution in [3.05, 3.63) is 29.6 Å². The monoisotopic (exact) mass is 423 g/mol. The van der Waals surface area contributed by atoms with Crippen molar-refractivity contribution in [2.45, 2.75) is 44.8 Å². The molecule has 164 valence electrons. The number of pyridine rings is 1. The van der Waals surface area contributed by atoms with Crippen LogP contribution in [0.15, 0.2) is 18.3 Å². The van der Waals surface area contributed by atoms with Crippen molar-refractivity contribution in [2.24, 2.45) is 0 Å². The van der Waals surface area contributed by atoms with Crippen LogP contribution in [0.4, 0.5) is 5.82 Å². The summed E-state index contributed by atoms with van der Waals surface area (Å²) in [6, 6.07) is 5.11. The van der Waals surface area contributed by atoms with Crippen LogP contribution < -0.4 is 4.90 Å². The number of H-pyrrole nitrogens is 1. The van der Waals surface area contributed by atoms with Crippen LogP contribution in [0.2, 0.25) is 0 Å². The number of rotatable bonds is 3. The second kappa shape index (κ2) is 7.89. The Bertz CT molecular complexity index is 1060. The number of hydrogen-bond acceptors (Lipinski definition) is 7. The van der Waals surface area contributed by atoms with E-state index in [1.165, 1.54) is 10.9 Å². The lowest BCUT2D eigenvalue weighted by Gasteiger charge is -2.35. The highest BCUT2D eigenvalue weighted by Gasteiger charge is 2.30. The predicted molar refractivity (Wildman–Crippen MR) is 117 cm³/mol. The van der Waals surface area contributed by atoms with Gasteiger partial charge in [0.15, 0.2) is 11.5 Å². The third-order valence-corrected chi connectivity index (χ3v) is 6.87. The highest BCUT2D eigenvalue weighted by Crippen LogP contribution is 2.33. The molecule has 6 rings (SSSR count). The summed E-state index contributed by atoms with van der Waals surface area (Å²) >= 11 is 0. The minimum absolute atomic E-state index is 0.297. The van der Waals surface area contributed by atoms with Crippen LogP contribution in [0, 0.1) is 0 Å². The van der Waals surface area contributed by atoms with Gasteiger partial charge in [0.1, 0.15) is 5.82 Å². The van der Waals surface area contributed by atoms with Crippen molar-refractivity contribution in [3.8, 4) is 5.82 Å². The van der Waals surface area contributed by atoms with Gasteiger partial charge in [-0.05, 0) is 31.4 Å². The largest absolute Gasteiger partial charge is 0.381 e. The zero-order valence-corrected chi connectivity index (χ0v) is 18.0. The SMILES string of the molecule is C[C@@H]1COCCN1c1cc2c3c(nn(-c4ccn[nH]4)c3n1)CCN(C1CCOCC1)C2. The first-order valence-electron chi connectivity index (χ1n) is 11.4. The first-order chi connectivity index (χ1) is 15.3. The summed E-state index contributed by atoms with van der Waals surface area (Å²) in [6.07, 6.45) is 4.90. The summed E-state index contributed by atoms with van der Waals surface area (Å²) in [5.41, 5.74) is 3.37. The Hall–Kier alpha value is -2.49. The first-order valence-corrected chi connectivity index (χ1v) is 11.4. The van der Waals surface area contributed by atoms with Crippen LogP contribution in [-0.4, -0.2) is 81.5 Å². The minimum atomic E-state index is 0.297. The second-order valence-corrected chi connectivity index (χ2v) is 8.82. The molecule has 0 spiro atoms. The van der Waals surface area contributed by atoms with Crippen LogP contribution >= 0.6 is 0 Å². The fraction of sp³-hybridized carbons (Fsp3) is 0.591. The molecule has 3 aliphatic rings. The number of aromatic amines is 1. The number of anilines is 1. The molecule has 9 nitrogen and oxygen atoms in total. The summed E-state index contributed by atoms with van der Waals surface area (Å²) in [5, 5.41) is 13.4. The van der Waals surface area contributed by atoms with E-state index in [1.54, 1.807) is 6.20 Å². The van der Waals surface area contributed by atoms with E-state index in [4.69, 9.17) is 19.6 Å². The van der Waals surface area contributed by atoms with Crippen LogP contribution in [0.3, 0.4) is 0 Å². The molecule has 0 unspecified atom stereocenters. The topological polar surface area (TPSA) is 84.3 Å². The van der Waals surface area contributed by atoms with Gasteiger partial charge in [-0.15, -0.1) is 0 Å². The van der Waals surface area contributed by atoms with Crippen molar-refractivity contribution in [1.82, 2.24) is 29.9 Å². The maximum atomic E-state index is 5.67. The molecule has 3 aromatic heterocycles. The van der Waals surface area contributed by atoms with Gasteiger partial charge in [-0.25, -0.2) is 4.98 Å². The van der Waals surface area contributed by atoms with Gasteiger partial charge in [0.2, 0.25) is 0 Å². The molecule has 0 aliphatic carbocycles. The maximum absolute atomic E-state index is 5.67. The Morgan fingerprint density at radius 1 is 1.13 bits per heavy atom. The Morgan fingerprint density at radius 2 is 2.03 bits per heavy atom. The van der Waals surface area contributed by atoms with E-state index in [0.717, 1.165) is 88.3 Å². The van der Waals surface area contributed by atoms with Crippen LogP contribution in [-0.2, 0) is 22.4 Å². The Kier molecular flexibility index (Phi) is 4.89. The van der Waals surface area contributed by atoms with Crippen molar-refractivity contribution >= 4 is 16.9 Å². The molecule has 31 heavy (non-hydrogen) atoms. The molecule has 0 bridgehead atoms. The van der Waals surface area contributed by atoms with Crippen LogP contribution in [0.25, 0.3) is 16.9 Å². The van der Waals surface area contributed by atoms with E-state index >= 15 is 0 Å². The van der Waals surface area contributed by atoms with E-state index in [9.17, 15) is 0 Å². The zero-order valence-electron chi connectivity index (χ0n) is 18.0.